The third-order valence-electron chi connectivity index (χ3n) is 5.81. The van der Waals surface area contributed by atoms with Gasteiger partial charge in [0.25, 0.3) is 0 Å². The Hall–Kier alpha value is -2.66. The van der Waals surface area contributed by atoms with Crippen LogP contribution < -0.4 is 5.32 Å². The largest absolute Gasteiger partial charge is 0.352 e. The van der Waals surface area contributed by atoms with Gasteiger partial charge in [-0.2, -0.15) is 0 Å². The molecule has 4 rings (SSSR count). The van der Waals surface area contributed by atoms with E-state index in [4.69, 9.17) is 12.2 Å². The molecule has 30 heavy (non-hydrogen) atoms. The number of hydrogen-bond donors (Lipinski definition) is 1. The van der Waals surface area contributed by atoms with Gasteiger partial charge in [-0.3, -0.25) is 4.98 Å². The summed E-state index contributed by atoms with van der Waals surface area (Å²) in [4.78, 5) is 7.01. The predicted octanol–water partition coefficient (Wildman–Crippen LogP) is 5.43. The van der Waals surface area contributed by atoms with Gasteiger partial charge < -0.3 is 14.8 Å². The van der Waals surface area contributed by atoms with Crippen LogP contribution in [0.5, 0.6) is 0 Å². The van der Waals surface area contributed by atoms with Crippen molar-refractivity contribution < 1.29 is 0 Å². The quantitative estimate of drug-likeness (QED) is 0.561. The minimum absolute atomic E-state index is 0.0314. The van der Waals surface area contributed by atoms with Gasteiger partial charge in [-0.1, -0.05) is 32.0 Å². The van der Waals surface area contributed by atoms with Crippen molar-refractivity contribution in [2.24, 2.45) is 5.92 Å². The van der Waals surface area contributed by atoms with E-state index in [9.17, 15) is 0 Å². The molecule has 4 nitrogen and oxygen atoms in total. The Kier molecular flexibility index (Phi) is 5.65. The summed E-state index contributed by atoms with van der Waals surface area (Å²) in [7, 11) is 0. The molecule has 3 heterocycles. The number of benzene rings is 1. The van der Waals surface area contributed by atoms with Crippen LogP contribution in [0.1, 0.15) is 54.1 Å². The van der Waals surface area contributed by atoms with Crippen molar-refractivity contribution in [3.8, 4) is 5.69 Å². The summed E-state index contributed by atoms with van der Waals surface area (Å²) < 4.78 is 2.35. The zero-order valence-corrected chi connectivity index (χ0v) is 19.2. The first-order valence-electron chi connectivity index (χ1n) is 10.6. The van der Waals surface area contributed by atoms with Crippen LogP contribution in [0.25, 0.3) is 5.69 Å². The zero-order chi connectivity index (χ0) is 21.4. The monoisotopic (exact) mass is 418 g/mol. The molecule has 2 atom stereocenters. The Morgan fingerprint density at radius 2 is 1.87 bits per heavy atom. The van der Waals surface area contributed by atoms with Crippen LogP contribution >= 0.6 is 12.2 Å². The van der Waals surface area contributed by atoms with Crippen LogP contribution in [-0.2, 0) is 0 Å². The zero-order valence-electron chi connectivity index (χ0n) is 18.4. The maximum Gasteiger partial charge on any atom is 0.170 e. The van der Waals surface area contributed by atoms with Crippen LogP contribution in [0.3, 0.4) is 0 Å². The average molecular weight is 419 g/mol. The first-order chi connectivity index (χ1) is 14.4. The summed E-state index contributed by atoms with van der Waals surface area (Å²) in [5, 5.41) is 4.37. The van der Waals surface area contributed by atoms with Gasteiger partial charge in [0, 0.05) is 29.8 Å². The Labute approximate surface area is 184 Å². The van der Waals surface area contributed by atoms with Gasteiger partial charge in [-0.25, -0.2) is 0 Å². The molecule has 0 unspecified atom stereocenters. The molecule has 1 N–H and O–H groups in total. The summed E-state index contributed by atoms with van der Waals surface area (Å²) in [6, 6.07) is 17.2. The molecule has 156 valence electrons. The number of aromatic nitrogens is 2. The van der Waals surface area contributed by atoms with E-state index in [-0.39, 0.29) is 12.1 Å². The number of rotatable bonds is 5. The van der Waals surface area contributed by atoms with Crippen LogP contribution in [0, 0.1) is 26.7 Å². The van der Waals surface area contributed by atoms with Crippen LogP contribution in [-0.4, -0.2) is 26.1 Å². The molecule has 1 aliphatic heterocycles. The van der Waals surface area contributed by atoms with Crippen molar-refractivity contribution in [2.45, 2.75) is 46.7 Å². The molecular formula is C25H30N4S. The van der Waals surface area contributed by atoms with E-state index in [2.05, 4.69) is 90.8 Å². The molecule has 1 saturated heterocycles. The fraction of sp³-hybridized carbons (Fsp3) is 0.360. The standard InChI is InChI=1S/C25H30N4S/c1-16(2)15-28-24(23(27-25(28)30)22-11-6-7-12-26-22)21-14-18(4)29(19(21)5)20-10-8-9-17(3)13-20/h6-14,16,23-24H,15H2,1-5H3,(H,27,30)/t23-,24-/m0/s1. The molecule has 0 amide bonds. The molecule has 0 spiro atoms. The van der Waals surface area contributed by atoms with Gasteiger partial charge in [-0.05, 0) is 80.4 Å². The van der Waals surface area contributed by atoms with Gasteiger partial charge >= 0.3 is 0 Å². The molecule has 2 aromatic heterocycles. The fourth-order valence-electron chi connectivity index (χ4n) is 4.59. The van der Waals surface area contributed by atoms with Crippen molar-refractivity contribution >= 4 is 17.3 Å². The van der Waals surface area contributed by atoms with E-state index in [0.717, 1.165) is 17.4 Å². The van der Waals surface area contributed by atoms with Gasteiger partial charge in [0.05, 0.1) is 17.8 Å². The van der Waals surface area contributed by atoms with E-state index < -0.39 is 0 Å². The number of aryl methyl sites for hydroxylation is 2. The highest BCUT2D eigenvalue weighted by Gasteiger charge is 2.41. The van der Waals surface area contributed by atoms with E-state index in [1.807, 2.05) is 18.3 Å². The first kappa shape index (κ1) is 20.6. The minimum atomic E-state index is 0.0314. The number of nitrogens with one attached hydrogen (secondary N) is 1. The van der Waals surface area contributed by atoms with E-state index in [1.165, 1.54) is 28.2 Å². The third kappa shape index (κ3) is 3.74. The molecule has 1 aromatic carbocycles. The number of hydrogen-bond acceptors (Lipinski definition) is 2. The topological polar surface area (TPSA) is 33.1 Å². The summed E-state index contributed by atoms with van der Waals surface area (Å²) in [5.41, 5.74) is 7.28. The van der Waals surface area contributed by atoms with Gasteiger partial charge in [0.15, 0.2) is 5.11 Å². The predicted molar refractivity (Wildman–Crippen MR) is 127 cm³/mol. The minimum Gasteiger partial charge on any atom is -0.352 e. The Balaban J connectivity index is 1.84. The third-order valence-corrected chi connectivity index (χ3v) is 6.16. The lowest BCUT2D eigenvalue weighted by Gasteiger charge is -2.29. The molecule has 3 aromatic rings. The Bertz CT molecular complexity index is 1050. The highest BCUT2D eigenvalue weighted by molar-refractivity contribution is 7.80. The summed E-state index contributed by atoms with van der Waals surface area (Å²) >= 11 is 5.79. The maximum atomic E-state index is 5.79. The summed E-state index contributed by atoms with van der Waals surface area (Å²) in [6.45, 7) is 11.9. The van der Waals surface area contributed by atoms with E-state index in [1.54, 1.807) is 0 Å². The number of thiocarbonyl (C=S) groups is 1. The SMILES string of the molecule is Cc1cccc(-n2c(C)cc([C@H]3[C@H](c4ccccn4)NC(=S)N3CC(C)C)c2C)c1. The van der Waals surface area contributed by atoms with Crippen molar-refractivity contribution in [1.82, 2.24) is 19.8 Å². The van der Waals surface area contributed by atoms with Gasteiger partial charge in [0.2, 0.25) is 0 Å². The second-order valence-corrected chi connectivity index (χ2v) is 9.06. The normalized spacial score (nSPS) is 18.9. The van der Waals surface area contributed by atoms with Crippen LogP contribution in [0.4, 0.5) is 0 Å². The summed E-state index contributed by atoms with van der Waals surface area (Å²) in [6.07, 6.45) is 1.86. The highest BCUT2D eigenvalue weighted by Crippen LogP contribution is 2.41. The maximum absolute atomic E-state index is 5.79. The molecule has 0 aliphatic carbocycles. The van der Waals surface area contributed by atoms with Crippen LogP contribution in [0.2, 0.25) is 0 Å². The molecule has 1 aliphatic rings. The van der Waals surface area contributed by atoms with Crippen LogP contribution in [0.15, 0.2) is 54.7 Å². The van der Waals surface area contributed by atoms with Gasteiger partial charge in [0.1, 0.15) is 0 Å². The fourth-order valence-corrected chi connectivity index (χ4v) is 4.90. The second kappa shape index (κ2) is 8.23. The Morgan fingerprint density at radius 3 is 2.53 bits per heavy atom. The number of pyridine rings is 1. The molecule has 0 radical (unpaired) electrons. The molecular weight excluding hydrogens is 388 g/mol. The summed E-state index contributed by atoms with van der Waals surface area (Å²) in [5.74, 6) is 0.509. The lowest BCUT2D eigenvalue weighted by molar-refractivity contribution is 0.287. The Morgan fingerprint density at radius 1 is 1.07 bits per heavy atom. The molecule has 1 fully saturated rings. The lowest BCUT2D eigenvalue weighted by atomic mass is 9.96. The van der Waals surface area contributed by atoms with Crippen molar-refractivity contribution in [1.29, 1.82) is 0 Å². The van der Waals surface area contributed by atoms with Crippen molar-refractivity contribution in [2.75, 3.05) is 6.54 Å². The number of nitrogens with zero attached hydrogens (tertiary/aromatic N) is 3. The molecule has 0 bridgehead atoms. The van der Waals surface area contributed by atoms with Crippen molar-refractivity contribution in [3.05, 3.63) is 82.9 Å². The highest BCUT2D eigenvalue weighted by atomic mass is 32.1. The van der Waals surface area contributed by atoms with E-state index >= 15 is 0 Å². The molecule has 0 saturated carbocycles. The first-order valence-corrected chi connectivity index (χ1v) is 11.0. The van der Waals surface area contributed by atoms with Gasteiger partial charge in [-0.15, -0.1) is 0 Å². The average Bonchev–Trinajstić information content (AvgIpc) is 3.18. The van der Waals surface area contributed by atoms with Crippen molar-refractivity contribution in [3.63, 3.8) is 0 Å². The molecule has 5 heteroatoms. The smallest absolute Gasteiger partial charge is 0.170 e. The second-order valence-electron chi connectivity index (χ2n) is 8.67. The lowest BCUT2D eigenvalue weighted by Crippen LogP contribution is -2.33. The van der Waals surface area contributed by atoms with E-state index in [0.29, 0.717) is 5.92 Å².